The van der Waals surface area contributed by atoms with E-state index in [2.05, 4.69) is 27.8 Å². The first-order valence-corrected chi connectivity index (χ1v) is 7.00. The number of ether oxygens (including phenoxy) is 1. The summed E-state index contributed by atoms with van der Waals surface area (Å²) in [6.45, 7) is 4.54. The summed E-state index contributed by atoms with van der Waals surface area (Å²) in [7, 11) is 0. The van der Waals surface area contributed by atoms with Gasteiger partial charge in [0.1, 0.15) is 0 Å². The number of imidazole rings is 1. The van der Waals surface area contributed by atoms with Gasteiger partial charge in [-0.3, -0.25) is 0 Å². The number of aromatic nitrogens is 2. The lowest BCUT2D eigenvalue weighted by Gasteiger charge is -2.07. The summed E-state index contributed by atoms with van der Waals surface area (Å²) in [4.78, 5) is 4.35. The van der Waals surface area contributed by atoms with Gasteiger partial charge in [-0.1, -0.05) is 22.9 Å². The van der Waals surface area contributed by atoms with E-state index in [0.717, 1.165) is 48.1 Å². The van der Waals surface area contributed by atoms with Crippen molar-refractivity contribution in [2.24, 2.45) is 0 Å². The molecule has 1 heterocycles. The summed E-state index contributed by atoms with van der Waals surface area (Å²) in [5, 5.41) is 0. The topological polar surface area (TPSA) is 53.1 Å². The number of benzene rings is 1. The Kier molecular flexibility index (Phi) is 4.60. The maximum absolute atomic E-state index is 5.94. The number of nitrogen functional groups attached to an aromatic ring is 1. The predicted molar refractivity (Wildman–Crippen MR) is 77.6 cm³/mol. The van der Waals surface area contributed by atoms with E-state index in [1.807, 2.05) is 22.8 Å². The number of hydrogen-bond donors (Lipinski definition) is 1. The van der Waals surface area contributed by atoms with Crippen LogP contribution < -0.4 is 5.73 Å². The lowest BCUT2D eigenvalue weighted by Crippen LogP contribution is -2.06. The van der Waals surface area contributed by atoms with E-state index in [9.17, 15) is 0 Å². The lowest BCUT2D eigenvalue weighted by molar-refractivity contribution is 0.129. The van der Waals surface area contributed by atoms with E-state index in [-0.39, 0.29) is 0 Å². The zero-order chi connectivity index (χ0) is 13.0. The van der Waals surface area contributed by atoms with E-state index in [1.54, 1.807) is 0 Å². The molecular weight excluding hydrogens is 294 g/mol. The van der Waals surface area contributed by atoms with Gasteiger partial charge in [0.15, 0.2) is 0 Å². The van der Waals surface area contributed by atoms with Gasteiger partial charge in [-0.25, -0.2) is 4.98 Å². The third-order valence-corrected chi connectivity index (χ3v) is 3.25. The van der Waals surface area contributed by atoms with Gasteiger partial charge in [0, 0.05) is 24.2 Å². The highest BCUT2D eigenvalue weighted by molar-refractivity contribution is 9.10. The zero-order valence-corrected chi connectivity index (χ0v) is 12.1. The molecule has 0 saturated carbocycles. The van der Waals surface area contributed by atoms with E-state index in [0.29, 0.717) is 5.95 Å². The minimum atomic E-state index is 0.568. The molecule has 1 aromatic carbocycles. The predicted octanol–water partition coefficient (Wildman–Crippen LogP) is 3.20. The number of halogens is 1. The Morgan fingerprint density at radius 3 is 3.00 bits per heavy atom. The molecule has 0 radical (unpaired) electrons. The number of anilines is 1. The normalized spacial score (nSPS) is 11.2. The number of nitrogens with two attached hydrogens (primary N) is 1. The molecule has 5 heteroatoms. The molecule has 2 rings (SSSR count). The maximum Gasteiger partial charge on any atom is 0.201 e. The third-order valence-electron chi connectivity index (χ3n) is 2.76. The van der Waals surface area contributed by atoms with Crippen LogP contribution in [0.15, 0.2) is 22.7 Å². The Bertz CT molecular complexity index is 524. The van der Waals surface area contributed by atoms with Gasteiger partial charge in [0.05, 0.1) is 11.0 Å². The second kappa shape index (κ2) is 6.20. The molecule has 4 nitrogen and oxygen atoms in total. The number of aryl methyl sites for hydroxylation is 1. The first-order valence-electron chi connectivity index (χ1n) is 6.21. The highest BCUT2D eigenvalue weighted by Gasteiger charge is 2.07. The van der Waals surface area contributed by atoms with Crippen molar-refractivity contribution in [1.82, 2.24) is 9.55 Å². The second-order valence-electron chi connectivity index (χ2n) is 4.22. The fourth-order valence-electron chi connectivity index (χ4n) is 1.92. The van der Waals surface area contributed by atoms with Gasteiger partial charge in [-0.15, -0.1) is 0 Å². The summed E-state index contributed by atoms with van der Waals surface area (Å²) >= 11 is 3.47. The lowest BCUT2D eigenvalue weighted by atomic mass is 10.3. The van der Waals surface area contributed by atoms with Crippen LogP contribution in [0.5, 0.6) is 0 Å². The largest absolute Gasteiger partial charge is 0.381 e. The molecule has 0 aliphatic rings. The van der Waals surface area contributed by atoms with Gasteiger partial charge in [-0.2, -0.15) is 0 Å². The molecule has 0 amide bonds. The average molecular weight is 312 g/mol. The van der Waals surface area contributed by atoms with Gasteiger partial charge >= 0.3 is 0 Å². The zero-order valence-electron chi connectivity index (χ0n) is 10.5. The van der Waals surface area contributed by atoms with Crippen LogP contribution in [-0.4, -0.2) is 22.8 Å². The summed E-state index contributed by atoms with van der Waals surface area (Å²) in [6.07, 6.45) is 2.01. The van der Waals surface area contributed by atoms with Crippen LogP contribution in [0.2, 0.25) is 0 Å². The van der Waals surface area contributed by atoms with Crippen LogP contribution in [0.3, 0.4) is 0 Å². The summed E-state index contributed by atoms with van der Waals surface area (Å²) in [5.41, 5.74) is 7.94. The van der Waals surface area contributed by atoms with Crippen molar-refractivity contribution >= 4 is 32.9 Å². The van der Waals surface area contributed by atoms with Crippen molar-refractivity contribution in [3.63, 3.8) is 0 Å². The van der Waals surface area contributed by atoms with Crippen LogP contribution in [0.4, 0.5) is 5.95 Å². The van der Waals surface area contributed by atoms with Gasteiger partial charge in [-0.05, 0) is 31.0 Å². The minimum Gasteiger partial charge on any atom is -0.381 e. The fourth-order valence-corrected chi connectivity index (χ4v) is 2.27. The molecule has 2 N–H and O–H groups in total. The first kappa shape index (κ1) is 13.4. The number of nitrogens with zero attached hydrogens (tertiary/aromatic N) is 2. The SMILES string of the molecule is CCCOCCCn1c(N)nc2ccc(Br)cc21. The Morgan fingerprint density at radius 1 is 1.39 bits per heavy atom. The molecule has 0 aliphatic heterocycles. The molecule has 1 aromatic heterocycles. The molecule has 0 bridgehead atoms. The van der Waals surface area contributed by atoms with E-state index >= 15 is 0 Å². The van der Waals surface area contributed by atoms with Crippen LogP contribution in [-0.2, 0) is 11.3 Å². The molecule has 0 unspecified atom stereocenters. The molecule has 0 atom stereocenters. The Balaban J connectivity index is 2.07. The van der Waals surface area contributed by atoms with Crippen molar-refractivity contribution < 1.29 is 4.74 Å². The van der Waals surface area contributed by atoms with Crippen molar-refractivity contribution in [1.29, 1.82) is 0 Å². The summed E-state index contributed by atoms with van der Waals surface area (Å²) in [6, 6.07) is 5.99. The molecule has 2 aromatic rings. The average Bonchev–Trinajstić information content (AvgIpc) is 2.65. The first-order chi connectivity index (χ1) is 8.72. The molecular formula is C13H18BrN3O. The van der Waals surface area contributed by atoms with Crippen LogP contribution in [0, 0.1) is 0 Å². The van der Waals surface area contributed by atoms with E-state index in [4.69, 9.17) is 10.5 Å². The molecule has 98 valence electrons. The quantitative estimate of drug-likeness (QED) is 0.833. The monoisotopic (exact) mass is 311 g/mol. The van der Waals surface area contributed by atoms with Crippen LogP contribution in [0.1, 0.15) is 19.8 Å². The number of hydrogen-bond acceptors (Lipinski definition) is 3. The molecule has 0 aliphatic carbocycles. The smallest absolute Gasteiger partial charge is 0.201 e. The summed E-state index contributed by atoms with van der Waals surface area (Å²) in [5.74, 6) is 0.568. The number of fused-ring (bicyclic) bond motifs is 1. The Hall–Kier alpha value is -1.07. The minimum absolute atomic E-state index is 0.568. The number of rotatable bonds is 6. The van der Waals surface area contributed by atoms with Crippen molar-refractivity contribution in [2.45, 2.75) is 26.3 Å². The van der Waals surface area contributed by atoms with E-state index in [1.165, 1.54) is 0 Å². The van der Waals surface area contributed by atoms with E-state index < -0.39 is 0 Å². The highest BCUT2D eigenvalue weighted by atomic mass is 79.9. The second-order valence-corrected chi connectivity index (χ2v) is 5.14. The molecule has 0 fully saturated rings. The van der Waals surface area contributed by atoms with Crippen molar-refractivity contribution in [3.8, 4) is 0 Å². The van der Waals surface area contributed by atoms with Crippen molar-refractivity contribution in [2.75, 3.05) is 18.9 Å². The fraction of sp³-hybridized carbons (Fsp3) is 0.462. The molecule has 0 saturated heterocycles. The standard InChI is InChI=1S/C13H18BrN3O/c1-2-7-18-8-3-6-17-12-9-10(14)4-5-11(12)16-13(17)15/h4-5,9H,2-3,6-8H2,1H3,(H2,15,16). The maximum atomic E-state index is 5.94. The van der Waals surface area contributed by atoms with Crippen molar-refractivity contribution in [3.05, 3.63) is 22.7 Å². The van der Waals surface area contributed by atoms with Gasteiger partial charge in [0.2, 0.25) is 5.95 Å². The van der Waals surface area contributed by atoms with Crippen LogP contribution in [0.25, 0.3) is 11.0 Å². The molecule has 18 heavy (non-hydrogen) atoms. The highest BCUT2D eigenvalue weighted by Crippen LogP contribution is 2.22. The van der Waals surface area contributed by atoms with Gasteiger partial charge in [0.25, 0.3) is 0 Å². The third kappa shape index (κ3) is 3.03. The Morgan fingerprint density at radius 2 is 2.22 bits per heavy atom. The van der Waals surface area contributed by atoms with Crippen LogP contribution >= 0.6 is 15.9 Å². The van der Waals surface area contributed by atoms with Gasteiger partial charge < -0.3 is 15.0 Å². The summed E-state index contributed by atoms with van der Waals surface area (Å²) < 4.78 is 8.55. The Labute approximate surface area is 115 Å². The molecule has 0 spiro atoms.